The molecule has 0 aliphatic carbocycles. The number of carbonyl (C=O) groups is 1. The molecule has 1 fully saturated rings. The van der Waals surface area contributed by atoms with Crippen molar-refractivity contribution < 1.29 is 4.79 Å². The Kier molecular flexibility index (Phi) is 4.83. The molecule has 1 saturated heterocycles. The summed E-state index contributed by atoms with van der Waals surface area (Å²) in [6.45, 7) is 3.05. The van der Waals surface area contributed by atoms with Gasteiger partial charge in [0.1, 0.15) is 11.6 Å². The maximum absolute atomic E-state index is 13.2. The lowest BCUT2D eigenvalue weighted by Crippen LogP contribution is -2.41. The summed E-state index contributed by atoms with van der Waals surface area (Å²) in [6.07, 6.45) is 12.6. The monoisotopic (exact) mass is 391 g/mol. The lowest BCUT2D eigenvalue weighted by molar-refractivity contribution is 0.0684. The number of carbonyl (C=O) groups excluding carboxylic acids is 1. The Labute approximate surface area is 169 Å². The number of hydrogen-bond acceptors (Lipinski definition) is 5. The number of imidazole rings is 1. The number of nitrogens with zero attached hydrogens (tertiary/aromatic N) is 7. The molecule has 3 aromatic heterocycles. The topological polar surface area (TPSA) is 81.7 Å². The van der Waals surface area contributed by atoms with Crippen molar-refractivity contribution in [2.45, 2.75) is 51.1 Å². The van der Waals surface area contributed by atoms with Crippen LogP contribution in [-0.2, 0) is 19.5 Å². The van der Waals surface area contributed by atoms with Gasteiger partial charge in [0.2, 0.25) is 5.82 Å². The van der Waals surface area contributed by atoms with E-state index in [0.717, 1.165) is 63.4 Å². The van der Waals surface area contributed by atoms with Gasteiger partial charge in [0, 0.05) is 63.3 Å². The maximum atomic E-state index is 13.2. The van der Waals surface area contributed by atoms with Crippen molar-refractivity contribution >= 4 is 5.91 Å². The van der Waals surface area contributed by atoms with Crippen LogP contribution in [0.25, 0.3) is 0 Å². The number of piperidine rings is 1. The smallest absolute Gasteiger partial charge is 0.291 e. The standard InChI is InChI=1S/C21H25N7O/c29-21(20-25-24-18-5-1-2-12-28(18)20)27-11-3-4-17(15-27)19-23-10-13-26(19)14-16-6-8-22-9-7-16/h6-10,13,17H,1-5,11-12,14-15H2/t17-/m1/s1. The Bertz CT molecular complexity index is 994. The highest BCUT2D eigenvalue weighted by molar-refractivity contribution is 5.91. The van der Waals surface area contributed by atoms with E-state index in [9.17, 15) is 4.79 Å². The van der Waals surface area contributed by atoms with E-state index in [2.05, 4.69) is 24.7 Å². The zero-order valence-electron chi connectivity index (χ0n) is 16.4. The fourth-order valence-electron chi connectivity index (χ4n) is 4.48. The minimum atomic E-state index is 0.00240. The fraction of sp³-hybridized carbons (Fsp3) is 0.476. The molecule has 0 radical (unpaired) electrons. The van der Waals surface area contributed by atoms with Crippen molar-refractivity contribution in [3.8, 4) is 0 Å². The third kappa shape index (κ3) is 3.54. The van der Waals surface area contributed by atoms with Crippen LogP contribution in [0.2, 0.25) is 0 Å². The van der Waals surface area contributed by atoms with Crippen molar-refractivity contribution in [1.29, 1.82) is 0 Å². The zero-order chi connectivity index (χ0) is 19.6. The van der Waals surface area contributed by atoms with Crippen LogP contribution in [0, 0.1) is 0 Å². The molecule has 0 saturated carbocycles. The molecule has 29 heavy (non-hydrogen) atoms. The molecule has 0 spiro atoms. The zero-order valence-corrected chi connectivity index (χ0v) is 16.4. The molecule has 150 valence electrons. The second kappa shape index (κ2) is 7.77. The number of fused-ring (bicyclic) bond motifs is 1. The largest absolute Gasteiger partial charge is 0.335 e. The van der Waals surface area contributed by atoms with Gasteiger partial charge < -0.3 is 14.0 Å². The summed E-state index contributed by atoms with van der Waals surface area (Å²) in [4.78, 5) is 23.9. The van der Waals surface area contributed by atoms with Crippen LogP contribution in [0.5, 0.6) is 0 Å². The van der Waals surface area contributed by atoms with Crippen molar-refractivity contribution in [3.63, 3.8) is 0 Å². The third-order valence-electron chi connectivity index (χ3n) is 5.97. The van der Waals surface area contributed by atoms with Crippen molar-refractivity contribution in [1.82, 2.24) is 34.2 Å². The number of pyridine rings is 1. The van der Waals surface area contributed by atoms with E-state index in [1.165, 1.54) is 5.56 Å². The second-order valence-electron chi connectivity index (χ2n) is 7.91. The molecular formula is C21H25N7O. The molecule has 2 aliphatic heterocycles. The minimum absolute atomic E-state index is 0.00240. The summed E-state index contributed by atoms with van der Waals surface area (Å²) in [6, 6.07) is 4.05. The highest BCUT2D eigenvalue weighted by Gasteiger charge is 2.31. The molecule has 3 aromatic rings. The Morgan fingerprint density at radius 3 is 2.86 bits per heavy atom. The molecule has 1 atom stereocenters. The number of aromatic nitrogens is 6. The summed E-state index contributed by atoms with van der Waals surface area (Å²) in [7, 11) is 0. The van der Waals surface area contributed by atoms with E-state index in [0.29, 0.717) is 12.4 Å². The molecule has 2 aliphatic rings. The Morgan fingerprint density at radius 2 is 1.97 bits per heavy atom. The van der Waals surface area contributed by atoms with Gasteiger partial charge in [0.25, 0.3) is 5.91 Å². The fourth-order valence-corrected chi connectivity index (χ4v) is 4.48. The molecule has 0 unspecified atom stereocenters. The minimum Gasteiger partial charge on any atom is -0.335 e. The van der Waals surface area contributed by atoms with E-state index in [4.69, 9.17) is 0 Å². The Balaban J connectivity index is 1.33. The average molecular weight is 391 g/mol. The first kappa shape index (κ1) is 18.0. The SMILES string of the molecule is O=C(c1nnc2n1CCCC2)N1CCC[C@@H](c2nccn2Cc2ccncc2)C1. The van der Waals surface area contributed by atoms with Crippen molar-refractivity contribution in [2.75, 3.05) is 13.1 Å². The number of hydrogen-bond donors (Lipinski definition) is 0. The summed E-state index contributed by atoms with van der Waals surface area (Å²) in [5, 5.41) is 8.48. The highest BCUT2D eigenvalue weighted by atomic mass is 16.2. The van der Waals surface area contributed by atoms with Crippen LogP contribution in [0.3, 0.4) is 0 Å². The molecule has 1 amide bonds. The molecule has 0 bridgehead atoms. The molecule has 0 N–H and O–H groups in total. The summed E-state index contributed by atoms with van der Waals surface area (Å²) < 4.78 is 4.20. The molecule has 8 nitrogen and oxygen atoms in total. The van der Waals surface area contributed by atoms with Gasteiger partial charge in [-0.15, -0.1) is 10.2 Å². The predicted molar refractivity (Wildman–Crippen MR) is 106 cm³/mol. The first-order valence-electron chi connectivity index (χ1n) is 10.4. The van der Waals surface area contributed by atoms with Crippen LogP contribution in [0.1, 0.15) is 59.4 Å². The summed E-state index contributed by atoms with van der Waals surface area (Å²) in [5.74, 6) is 2.72. The predicted octanol–water partition coefficient (Wildman–Crippen LogP) is 2.27. The number of aryl methyl sites for hydroxylation is 1. The van der Waals surface area contributed by atoms with Gasteiger partial charge in [0.15, 0.2) is 0 Å². The third-order valence-corrected chi connectivity index (χ3v) is 5.97. The van der Waals surface area contributed by atoms with Gasteiger partial charge in [-0.2, -0.15) is 0 Å². The lowest BCUT2D eigenvalue weighted by atomic mass is 9.97. The summed E-state index contributed by atoms with van der Waals surface area (Å²) in [5.41, 5.74) is 1.19. The van der Waals surface area contributed by atoms with Gasteiger partial charge in [0.05, 0.1) is 0 Å². The maximum Gasteiger partial charge on any atom is 0.291 e. The highest BCUT2D eigenvalue weighted by Crippen LogP contribution is 2.27. The molecule has 5 heterocycles. The van der Waals surface area contributed by atoms with Gasteiger partial charge in [-0.05, 0) is 43.4 Å². The van der Waals surface area contributed by atoms with Crippen LogP contribution < -0.4 is 0 Å². The van der Waals surface area contributed by atoms with Crippen LogP contribution in [0.15, 0.2) is 36.9 Å². The van der Waals surface area contributed by atoms with Crippen LogP contribution in [0.4, 0.5) is 0 Å². The average Bonchev–Trinajstić information content (AvgIpc) is 3.41. The van der Waals surface area contributed by atoms with E-state index in [1.807, 2.05) is 46.4 Å². The van der Waals surface area contributed by atoms with Gasteiger partial charge in [-0.3, -0.25) is 9.78 Å². The van der Waals surface area contributed by atoms with E-state index < -0.39 is 0 Å². The first-order chi connectivity index (χ1) is 14.3. The number of amides is 1. The van der Waals surface area contributed by atoms with E-state index >= 15 is 0 Å². The van der Waals surface area contributed by atoms with Crippen molar-refractivity contribution in [3.05, 3.63) is 60.0 Å². The Morgan fingerprint density at radius 1 is 1.07 bits per heavy atom. The lowest BCUT2D eigenvalue weighted by Gasteiger charge is -2.32. The molecule has 8 heteroatoms. The van der Waals surface area contributed by atoms with Gasteiger partial charge >= 0.3 is 0 Å². The van der Waals surface area contributed by atoms with Crippen LogP contribution in [-0.4, -0.2) is 53.2 Å². The second-order valence-corrected chi connectivity index (χ2v) is 7.91. The quantitative estimate of drug-likeness (QED) is 0.681. The first-order valence-corrected chi connectivity index (χ1v) is 10.4. The van der Waals surface area contributed by atoms with E-state index in [1.54, 1.807) is 0 Å². The molecule has 5 rings (SSSR count). The van der Waals surface area contributed by atoms with Crippen molar-refractivity contribution in [2.24, 2.45) is 0 Å². The van der Waals surface area contributed by atoms with E-state index in [-0.39, 0.29) is 11.8 Å². The Hall–Kier alpha value is -3.03. The molecular weight excluding hydrogens is 366 g/mol. The summed E-state index contributed by atoms with van der Waals surface area (Å²) >= 11 is 0. The van der Waals surface area contributed by atoms with Crippen LogP contribution >= 0.6 is 0 Å². The molecule has 0 aromatic carbocycles. The normalized spacial score (nSPS) is 19.2. The number of rotatable bonds is 4. The van der Waals surface area contributed by atoms with Gasteiger partial charge in [-0.25, -0.2) is 4.98 Å². The number of likely N-dealkylation sites (tertiary alicyclic amines) is 1. The van der Waals surface area contributed by atoms with Gasteiger partial charge in [-0.1, -0.05) is 0 Å².